The zero-order valence-corrected chi connectivity index (χ0v) is 20.0. The van der Waals surface area contributed by atoms with Crippen LogP contribution in [-0.2, 0) is 4.79 Å². The average Bonchev–Trinajstić information content (AvgIpc) is 3.34. The summed E-state index contributed by atoms with van der Waals surface area (Å²) in [5.41, 5.74) is 2.47. The smallest absolute Gasteiger partial charge is 0.343 e. The lowest BCUT2D eigenvalue weighted by Gasteiger charge is -2.21. The molecule has 3 aromatic rings. The van der Waals surface area contributed by atoms with Gasteiger partial charge >= 0.3 is 5.97 Å². The topological polar surface area (TPSA) is 86.7 Å². The van der Waals surface area contributed by atoms with E-state index in [9.17, 15) is 9.59 Å². The first-order valence-corrected chi connectivity index (χ1v) is 11.0. The van der Waals surface area contributed by atoms with Gasteiger partial charge in [0, 0.05) is 25.0 Å². The molecule has 0 aliphatic carbocycles. The van der Waals surface area contributed by atoms with E-state index >= 15 is 0 Å². The van der Waals surface area contributed by atoms with Crippen molar-refractivity contribution in [3.8, 4) is 23.0 Å². The quantitative estimate of drug-likeness (QED) is 0.367. The minimum atomic E-state index is -0.501. The van der Waals surface area contributed by atoms with Crippen LogP contribution in [0.25, 0.3) is 0 Å². The molecule has 35 heavy (non-hydrogen) atoms. The predicted octanol–water partition coefficient (Wildman–Crippen LogP) is 4.63. The van der Waals surface area contributed by atoms with Gasteiger partial charge in [-0.05, 0) is 42.0 Å². The molecule has 4 rings (SSSR count). The van der Waals surface area contributed by atoms with Crippen molar-refractivity contribution in [3.05, 3.63) is 83.4 Å². The highest BCUT2D eigenvalue weighted by atomic mass is 16.5. The second-order valence-corrected chi connectivity index (χ2v) is 7.86. The van der Waals surface area contributed by atoms with E-state index in [4.69, 9.17) is 18.9 Å². The van der Waals surface area contributed by atoms with Crippen LogP contribution in [0, 0.1) is 0 Å². The van der Waals surface area contributed by atoms with Gasteiger partial charge in [-0.1, -0.05) is 24.3 Å². The maximum Gasteiger partial charge on any atom is 0.343 e. The number of hydrogen-bond acceptors (Lipinski definition) is 7. The zero-order chi connectivity index (χ0) is 24.9. The van der Waals surface area contributed by atoms with Crippen LogP contribution >= 0.6 is 0 Å². The third-order valence-electron chi connectivity index (χ3n) is 5.74. The Bertz CT molecular complexity index is 1270. The molecule has 180 valence electrons. The molecule has 3 aromatic carbocycles. The van der Waals surface area contributed by atoms with Crippen LogP contribution in [0.5, 0.6) is 23.0 Å². The lowest BCUT2D eigenvalue weighted by molar-refractivity contribution is -0.130. The number of amides is 1. The molecule has 1 aliphatic rings. The summed E-state index contributed by atoms with van der Waals surface area (Å²) in [4.78, 5) is 25.3. The van der Waals surface area contributed by atoms with Gasteiger partial charge in [0.2, 0.25) is 5.91 Å². The Labute approximate surface area is 203 Å². The van der Waals surface area contributed by atoms with Gasteiger partial charge in [0.05, 0.1) is 38.6 Å². The van der Waals surface area contributed by atoms with Crippen molar-refractivity contribution in [2.75, 3.05) is 21.3 Å². The van der Waals surface area contributed by atoms with Crippen molar-refractivity contribution in [1.82, 2.24) is 5.01 Å². The van der Waals surface area contributed by atoms with Crippen LogP contribution in [0.15, 0.2) is 71.8 Å². The first-order valence-electron chi connectivity index (χ1n) is 11.0. The summed E-state index contributed by atoms with van der Waals surface area (Å²) in [6.45, 7) is 1.46. The fraction of sp³-hybridized carbons (Fsp3) is 0.222. The monoisotopic (exact) mass is 474 g/mol. The van der Waals surface area contributed by atoms with E-state index in [-0.39, 0.29) is 11.9 Å². The molecule has 0 unspecified atom stereocenters. The van der Waals surface area contributed by atoms with Crippen molar-refractivity contribution in [2.45, 2.75) is 19.4 Å². The largest absolute Gasteiger partial charge is 0.497 e. The molecule has 0 radical (unpaired) electrons. The molecule has 8 heteroatoms. The molecule has 0 bridgehead atoms. The minimum absolute atomic E-state index is 0.212. The number of carbonyl (C=O) groups excluding carboxylic acids is 2. The van der Waals surface area contributed by atoms with Crippen molar-refractivity contribution in [1.29, 1.82) is 0 Å². The van der Waals surface area contributed by atoms with Gasteiger partial charge in [-0.15, -0.1) is 0 Å². The average molecular weight is 475 g/mol. The summed E-state index contributed by atoms with van der Waals surface area (Å²) in [5.74, 6) is 1.27. The van der Waals surface area contributed by atoms with Gasteiger partial charge in [-0.3, -0.25) is 4.79 Å². The van der Waals surface area contributed by atoms with Crippen LogP contribution in [0.4, 0.5) is 0 Å². The Morgan fingerprint density at radius 1 is 0.857 bits per heavy atom. The second kappa shape index (κ2) is 10.3. The molecule has 0 aromatic heterocycles. The van der Waals surface area contributed by atoms with Crippen molar-refractivity contribution < 1.29 is 28.5 Å². The van der Waals surface area contributed by atoms with Crippen LogP contribution in [0.1, 0.15) is 40.9 Å². The van der Waals surface area contributed by atoms with Crippen molar-refractivity contribution in [2.24, 2.45) is 5.10 Å². The second-order valence-electron chi connectivity index (χ2n) is 7.86. The third kappa shape index (κ3) is 4.96. The van der Waals surface area contributed by atoms with Crippen molar-refractivity contribution >= 4 is 17.6 Å². The SMILES string of the molecule is COc1ccc(C2=NN(C(C)=O)[C@@H](c3ccc(OC)c(OC)c3)C2)c(OC(=O)c2ccccc2)c1. The highest BCUT2D eigenvalue weighted by Crippen LogP contribution is 2.39. The number of benzene rings is 3. The molecule has 0 spiro atoms. The molecule has 0 saturated carbocycles. The van der Waals surface area contributed by atoms with Crippen LogP contribution in [-0.4, -0.2) is 43.9 Å². The van der Waals surface area contributed by atoms with E-state index in [0.717, 1.165) is 5.56 Å². The highest BCUT2D eigenvalue weighted by molar-refractivity contribution is 6.06. The molecular weight excluding hydrogens is 448 g/mol. The van der Waals surface area contributed by atoms with Gasteiger partial charge < -0.3 is 18.9 Å². The van der Waals surface area contributed by atoms with Crippen LogP contribution in [0.3, 0.4) is 0 Å². The minimum Gasteiger partial charge on any atom is -0.497 e. The first kappa shape index (κ1) is 23.8. The van der Waals surface area contributed by atoms with Gasteiger partial charge in [-0.25, -0.2) is 9.80 Å². The molecule has 0 fully saturated rings. The lowest BCUT2D eigenvalue weighted by Crippen LogP contribution is -2.24. The van der Waals surface area contributed by atoms with Gasteiger partial charge in [0.25, 0.3) is 0 Å². The third-order valence-corrected chi connectivity index (χ3v) is 5.74. The molecule has 8 nitrogen and oxygen atoms in total. The highest BCUT2D eigenvalue weighted by Gasteiger charge is 2.33. The van der Waals surface area contributed by atoms with E-state index in [2.05, 4.69) is 5.10 Å². The van der Waals surface area contributed by atoms with E-state index in [1.165, 1.54) is 19.0 Å². The summed E-state index contributed by atoms with van der Waals surface area (Å²) in [6, 6.07) is 19.1. The Kier molecular flexibility index (Phi) is 7.01. The van der Waals surface area contributed by atoms with Gasteiger partial charge in [0.1, 0.15) is 11.5 Å². The maximum atomic E-state index is 12.8. The number of rotatable bonds is 7. The zero-order valence-electron chi connectivity index (χ0n) is 20.0. The van der Waals surface area contributed by atoms with E-state index in [0.29, 0.717) is 46.3 Å². The Hall–Kier alpha value is -4.33. The molecule has 1 heterocycles. The van der Waals surface area contributed by atoms with Crippen molar-refractivity contribution in [3.63, 3.8) is 0 Å². The number of ether oxygens (including phenoxy) is 4. The number of carbonyl (C=O) groups is 2. The van der Waals surface area contributed by atoms with E-state index in [1.54, 1.807) is 62.8 Å². The number of hydrazone groups is 1. The predicted molar refractivity (Wildman–Crippen MR) is 130 cm³/mol. The summed E-state index contributed by atoms with van der Waals surface area (Å²) < 4.78 is 21.9. The van der Waals surface area contributed by atoms with Crippen LogP contribution < -0.4 is 18.9 Å². The lowest BCUT2D eigenvalue weighted by atomic mass is 9.97. The molecule has 1 aliphatic heterocycles. The number of hydrogen-bond donors (Lipinski definition) is 0. The van der Waals surface area contributed by atoms with Gasteiger partial charge in [0.15, 0.2) is 11.5 Å². The van der Waals surface area contributed by atoms with Gasteiger partial charge in [-0.2, -0.15) is 5.10 Å². The Morgan fingerprint density at radius 3 is 2.26 bits per heavy atom. The standard InChI is InChI=1S/C27H26N2O6/c1-17(30)29-23(19-10-13-24(33-3)26(14-19)34-4)16-22(28-29)21-12-11-20(32-2)15-25(21)35-27(31)18-8-6-5-7-9-18/h5-15,23H,16H2,1-4H3/t23-/m1/s1. The molecule has 0 N–H and O–H groups in total. The Balaban J connectivity index is 1.70. The Morgan fingerprint density at radius 2 is 1.60 bits per heavy atom. The number of nitrogens with zero attached hydrogens (tertiary/aromatic N) is 2. The fourth-order valence-corrected chi connectivity index (χ4v) is 3.97. The fourth-order valence-electron chi connectivity index (χ4n) is 3.97. The summed E-state index contributed by atoms with van der Waals surface area (Å²) in [6.07, 6.45) is 0.414. The summed E-state index contributed by atoms with van der Waals surface area (Å²) >= 11 is 0. The van der Waals surface area contributed by atoms with E-state index < -0.39 is 5.97 Å². The number of methoxy groups -OCH3 is 3. The number of esters is 1. The molecule has 0 saturated heterocycles. The van der Waals surface area contributed by atoms with E-state index in [1.807, 2.05) is 18.2 Å². The normalized spacial score (nSPS) is 14.8. The summed E-state index contributed by atoms with van der Waals surface area (Å²) in [7, 11) is 4.67. The first-order chi connectivity index (χ1) is 16.9. The van der Waals surface area contributed by atoms with Crippen LogP contribution in [0.2, 0.25) is 0 Å². The molecule has 1 amide bonds. The molecule has 1 atom stereocenters. The summed E-state index contributed by atoms with van der Waals surface area (Å²) in [5, 5.41) is 6.04. The maximum absolute atomic E-state index is 12.8. The molecular formula is C27H26N2O6.